The molecule has 17 heavy (non-hydrogen) atoms. The van der Waals surface area contributed by atoms with Gasteiger partial charge in [-0.25, -0.2) is 0 Å². The highest BCUT2D eigenvalue weighted by atomic mass is 16.5. The molecule has 2 rings (SSSR count). The Bertz CT molecular complexity index is 242. The minimum atomic E-state index is 0.214. The molecule has 2 fully saturated rings. The maximum Gasteiger partial charge on any atom is 0.219 e. The Hall–Kier alpha value is -0.610. The van der Waals surface area contributed by atoms with Crippen LogP contribution in [0.2, 0.25) is 0 Å². The molecule has 1 N–H and O–H groups in total. The molecule has 1 amide bonds. The lowest BCUT2D eigenvalue weighted by Gasteiger charge is -2.34. The second-order valence-corrected chi connectivity index (χ2v) is 5.19. The summed E-state index contributed by atoms with van der Waals surface area (Å²) >= 11 is 0. The van der Waals surface area contributed by atoms with Crippen molar-refractivity contribution < 1.29 is 9.53 Å². The molecule has 0 radical (unpaired) electrons. The van der Waals surface area contributed by atoms with Crippen molar-refractivity contribution in [2.75, 3.05) is 26.3 Å². The summed E-state index contributed by atoms with van der Waals surface area (Å²) < 4.78 is 5.47. The number of piperidine rings is 1. The molecule has 2 aliphatic heterocycles. The maximum absolute atomic E-state index is 11.2. The lowest BCUT2D eigenvalue weighted by atomic mass is 10.0. The fourth-order valence-electron chi connectivity index (χ4n) is 2.76. The first-order chi connectivity index (χ1) is 8.25. The number of carbonyl (C=O) groups excluding carboxylic acids is 1. The molecule has 4 nitrogen and oxygen atoms in total. The first-order valence-electron chi connectivity index (χ1n) is 6.85. The lowest BCUT2D eigenvalue weighted by molar-refractivity contribution is -0.129. The van der Waals surface area contributed by atoms with Crippen LogP contribution in [0.25, 0.3) is 0 Å². The Morgan fingerprint density at radius 2 is 1.82 bits per heavy atom. The van der Waals surface area contributed by atoms with Gasteiger partial charge in [0.25, 0.3) is 0 Å². The number of ether oxygens (including phenoxy) is 1. The Labute approximate surface area is 104 Å². The van der Waals surface area contributed by atoms with E-state index in [-0.39, 0.29) is 5.91 Å². The molecule has 0 saturated carbocycles. The molecule has 2 aliphatic rings. The van der Waals surface area contributed by atoms with E-state index in [1.165, 1.54) is 12.8 Å². The van der Waals surface area contributed by atoms with Gasteiger partial charge in [0.15, 0.2) is 0 Å². The van der Waals surface area contributed by atoms with Gasteiger partial charge in [0, 0.05) is 45.3 Å². The van der Waals surface area contributed by atoms with Crippen molar-refractivity contribution in [3.8, 4) is 0 Å². The molecule has 98 valence electrons. The molecule has 2 heterocycles. The van der Waals surface area contributed by atoms with Crippen molar-refractivity contribution in [2.45, 2.75) is 51.1 Å². The highest BCUT2D eigenvalue weighted by molar-refractivity contribution is 5.73. The molecule has 0 aromatic heterocycles. The van der Waals surface area contributed by atoms with Gasteiger partial charge < -0.3 is 15.0 Å². The molecule has 1 unspecified atom stereocenters. The zero-order valence-electron chi connectivity index (χ0n) is 10.8. The predicted molar refractivity (Wildman–Crippen MR) is 66.9 cm³/mol. The summed E-state index contributed by atoms with van der Waals surface area (Å²) in [7, 11) is 0. The van der Waals surface area contributed by atoms with Crippen LogP contribution in [0.5, 0.6) is 0 Å². The van der Waals surface area contributed by atoms with E-state index in [2.05, 4.69) is 5.32 Å². The third kappa shape index (κ3) is 3.96. The molecule has 1 atom stereocenters. The number of amides is 1. The van der Waals surface area contributed by atoms with E-state index in [1.807, 2.05) is 4.90 Å². The molecular weight excluding hydrogens is 216 g/mol. The van der Waals surface area contributed by atoms with Gasteiger partial charge in [0.05, 0.1) is 0 Å². The summed E-state index contributed by atoms with van der Waals surface area (Å²) in [6, 6.07) is 1.21. The van der Waals surface area contributed by atoms with Crippen LogP contribution in [0.1, 0.15) is 39.0 Å². The summed E-state index contributed by atoms with van der Waals surface area (Å²) in [5, 5.41) is 3.74. The van der Waals surface area contributed by atoms with Crippen molar-refractivity contribution in [1.82, 2.24) is 10.2 Å². The van der Waals surface area contributed by atoms with Crippen LogP contribution in [0.15, 0.2) is 0 Å². The van der Waals surface area contributed by atoms with Crippen molar-refractivity contribution in [3.63, 3.8) is 0 Å². The number of nitrogens with zero attached hydrogens (tertiary/aromatic N) is 1. The number of hydrogen-bond acceptors (Lipinski definition) is 3. The fourth-order valence-corrected chi connectivity index (χ4v) is 2.76. The fraction of sp³-hybridized carbons (Fsp3) is 0.923. The van der Waals surface area contributed by atoms with E-state index in [4.69, 9.17) is 4.74 Å². The molecule has 0 spiro atoms. The van der Waals surface area contributed by atoms with E-state index in [1.54, 1.807) is 6.92 Å². The average molecular weight is 240 g/mol. The SMILES string of the molecule is CC(=O)N1CCC(NC2CCCOCC2)CC1. The maximum atomic E-state index is 11.2. The summed E-state index contributed by atoms with van der Waals surface area (Å²) in [6.07, 6.45) is 5.72. The number of rotatable bonds is 2. The van der Waals surface area contributed by atoms with Gasteiger partial charge in [-0.05, 0) is 32.1 Å². The normalized spacial score (nSPS) is 27.8. The van der Waals surface area contributed by atoms with Crippen LogP contribution in [-0.2, 0) is 9.53 Å². The van der Waals surface area contributed by atoms with Crippen LogP contribution >= 0.6 is 0 Å². The minimum absolute atomic E-state index is 0.214. The third-order valence-electron chi connectivity index (χ3n) is 3.86. The number of carbonyl (C=O) groups is 1. The number of hydrogen-bond donors (Lipinski definition) is 1. The summed E-state index contributed by atoms with van der Waals surface area (Å²) in [4.78, 5) is 13.2. The standard InChI is InChI=1S/C13H24N2O2/c1-11(16)15-7-4-13(5-8-15)14-12-3-2-9-17-10-6-12/h12-14H,2-10H2,1H3. The topological polar surface area (TPSA) is 41.6 Å². The second kappa shape index (κ2) is 6.36. The van der Waals surface area contributed by atoms with E-state index in [9.17, 15) is 4.79 Å². The van der Waals surface area contributed by atoms with Gasteiger partial charge >= 0.3 is 0 Å². The Kier molecular flexibility index (Phi) is 4.80. The minimum Gasteiger partial charge on any atom is -0.381 e. The summed E-state index contributed by atoms with van der Waals surface area (Å²) in [5.74, 6) is 0.214. The van der Waals surface area contributed by atoms with E-state index >= 15 is 0 Å². The van der Waals surface area contributed by atoms with Crippen molar-refractivity contribution in [1.29, 1.82) is 0 Å². The van der Waals surface area contributed by atoms with E-state index in [0.717, 1.165) is 45.6 Å². The van der Waals surface area contributed by atoms with Gasteiger partial charge in [-0.1, -0.05) is 0 Å². The monoisotopic (exact) mass is 240 g/mol. The predicted octanol–water partition coefficient (Wildman–Crippen LogP) is 1.16. The molecule has 0 aliphatic carbocycles. The molecule has 0 aromatic carbocycles. The van der Waals surface area contributed by atoms with Crippen LogP contribution < -0.4 is 5.32 Å². The van der Waals surface area contributed by atoms with Gasteiger partial charge in [-0.2, -0.15) is 0 Å². The van der Waals surface area contributed by atoms with Gasteiger partial charge in [0.1, 0.15) is 0 Å². The highest BCUT2D eigenvalue weighted by Gasteiger charge is 2.23. The molecule has 2 saturated heterocycles. The molecule has 4 heteroatoms. The first-order valence-corrected chi connectivity index (χ1v) is 6.85. The molecule has 0 aromatic rings. The number of likely N-dealkylation sites (tertiary alicyclic amines) is 1. The van der Waals surface area contributed by atoms with Crippen molar-refractivity contribution in [3.05, 3.63) is 0 Å². The Morgan fingerprint density at radius 1 is 1.12 bits per heavy atom. The Morgan fingerprint density at radius 3 is 2.53 bits per heavy atom. The quantitative estimate of drug-likeness (QED) is 0.787. The zero-order valence-corrected chi connectivity index (χ0v) is 10.8. The second-order valence-electron chi connectivity index (χ2n) is 5.19. The van der Waals surface area contributed by atoms with Gasteiger partial charge in [-0.15, -0.1) is 0 Å². The first kappa shape index (κ1) is 12.8. The van der Waals surface area contributed by atoms with Crippen LogP contribution in [0.4, 0.5) is 0 Å². The zero-order chi connectivity index (χ0) is 12.1. The molecular formula is C13H24N2O2. The summed E-state index contributed by atoms with van der Waals surface area (Å²) in [5.41, 5.74) is 0. The lowest BCUT2D eigenvalue weighted by Crippen LogP contribution is -2.47. The smallest absolute Gasteiger partial charge is 0.219 e. The van der Waals surface area contributed by atoms with Gasteiger partial charge in [-0.3, -0.25) is 4.79 Å². The third-order valence-corrected chi connectivity index (χ3v) is 3.86. The van der Waals surface area contributed by atoms with E-state index < -0.39 is 0 Å². The number of nitrogens with one attached hydrogen (secondary N) is 1. The highest BCUT2D eigenvalue weighted by Crippen LogP contribution is 2.15. The van der Waals surface area contributed by atoms with Gasteiger partial charge in [0.2, 0.25) is 5.91 Å². The van der Waals surface area contributed by atoms with Crippen molar-refractivity contribution >= 4 is 5.91 Å². The van der Waals surface area contributed by atoms with Crippen LogP contribution in [0, 0.1) is 0 Å². The Balaban J connectivity index is 1.71. The van der Waals surface area contributed by atoms with Crippen molar-refractivity contribution in [2.24, 2.45) is 0 Å². The van der Waals surface area contributed by atoms with E-state index in [0.29, 0.717) is 12.1 Å². The summed E-state index contributed by atoms with van der Waals surface area (Å²) in [6.45, 7) is 5.30. The average Bonchev–Trinajstić information content (AvgIpc) is 2.58. The van der Waals surface area contributed by atoms with Crippen LogP contribution in [0.3, 0.4) is 0 Å². The largest absolute Gasteiger partial charge is 0.381 e. The van der Waals surface area contributed by atoms with Crippen LogP contribution in [-0.4, -0.2) is 49.2 Å². The molecule has 0 bridgehead atoms.